The van der Waals surface area contributed by atoms with Gasteiger partial charge in [0.25, 0.3) is 5.91 Å². The molecular weight excluding hydrogens is 316 g/mol. The number of aromatic nitrogens is 1. The van der Waals surface area contributed by atoms with E-state index in [1.54, 1.807) is 0 Å². The highest BCUT2D eigenvalue weighted by Gasteiger charge is 2.31. The summed E-state index contributed by atoms with van der Waals surface area (Å²) in [6.07, 6.45) is 1.75. The number of piperazine rings is 1. The summed E-state index contributed by atoms with van der Waals surface area (Å²) in [7, 11) is 0. The Bertz CT molecular complexity index is 598. The third-order valence-electron chi connectivity index (χ3n) is 4.65. The molecule has 6 nitrogen and oxygen atoms in total. The van der Waals surface area contributed by atoms with Crippen LogP contribution in [-0.2, 0) is 6.42 Å². The van der Waals surface area contributed by atoms with Gasteiger partial charge in [-0.1, -0.05) is 6.92 Å². The fraction of sp³-hybridized carbons (Fsp3) is 0.625. The van der Waals surface area contributed by atoms with Gasteiger partial charge in [0.1, 0.15) is 0 Å². The molecule has 2 saturated heterocycles. The molecule has 7 heteroatoms. The lowest BCUT2D eigenvalue weighted by Gasteiger charge is -2.32. The molecule has 1 atom stereocenters. The van der Waals surface area contributed by atoms with Gasteiger partial charge in [-0.25, -0.2) is 0 Å². The Labute approximate surface area is 142 Å². The molecule has 2 fully saturated rings. The van der Waals surface area contributed by atoms with Gasteiger partial charge in [-0.05, 0) is 18.9 Å². The van der Waals surface area contributed by atoms with Crippen LogP contribution in [0.4, 0.5) is 0 Å². The molecule has 0 saturated carbocycles. The van der Waals surface area contributed by atoms with Crippen LogP contribution in [0.1, 0.15) is 29.4 Å². The van der Waals surface area contributed by atoms with Crippen LogP contribution >= 0.6 is 12.4 Å². The molecule has 2 aliphatic rings. The molecule has 0 aliphatic carbocycles. The third-order valence-corrected chi connectivity index (χ3v) is 4.65. The number of hydrogen-bond donors (Lipinski definition) is 2. The van der Waals surface area contributed by atoms with Crippen molar-refractivity contribution < 1.29 is 4.79 Å². The molecule has 1 unspecified atom stereocenters. The Hall–Kier alpha value is -1.37. The zero-order valence-electron chi connectivity index (χ0n) is 13.5. The van der Waals surface area contributed by atoms with Crippen molar-refractivity contribution in [2.24, 2.45) is 0 Å². The second kappa shape index (κ2) is 7.95. The van der Waals surface area contributed by atoms with Crippen molar-refractivity contribution in [3.63, 3.8) is 0 Å². The van der Waals surface area contributed by atoms with Gasteiger partial charge in [0, 0.05) is 62.6 Å². The molecule has 0 spiro atoms. The minimum absolute atomic E-state index is 0. The van der Waals surface area contributed by atoms with Crippen molar-refractivity contribution in [1.29, 1.82) is 0 Å². The number of hydrogen-bond acceptors (Lipinski definition) is 4. The van der Waals surface area contributed by atoms with Crippen LogP contribution in [0, 0.1) is 0 Å². The highest BCUT2D eigenvalue weighted by Crippen LogP contribution is 2.18. The van der Waals surface area contributed by atoms with Crippen LogP contribution in [0.15, 0.2) is 16.9 Å². The van der Waals surface area contributed by atoms with Crippen LogP contribution in [-0.4, -0.2) is 66.0 Å². The number of carbonyl (C=O) groups excluding carboxylic acids is 1. The van der Waals surface area contributed by atoms with Gasteiger partial charge in [-0.3, -0.25) is 14.5 Å². The highest BCUT2D eigenvalue weighted by atomic mass is 35.5. The average molecular weight is 341 g/mol. The maximum atomic E-state index is 12.6. The van der Waals surface area contributed by atoms with E-state index in [1.165, 1.54) is 6.07 Å². The quantitative estimate of drug-likeness (QED) is 0.840. The summed E-state index contributed by atoms with van der Waals surface area (Å²) in [5, 5.41) is 3.36. The Morgan fingerprint density at radius 1 is 1.26 bits per heavy atom. The Morgan fingerprint density at radius 3 is 2.70 bits per heavy atom. The van der Waals surface area contributed by atoms with Crippen molar-refractivity contribution in [1.82, 2.24) is 20.1 Å². The molecule has 0 bridgehead atoms. The minimum Gasteiger partial charge on any atom is -0.337 e. The largest absolute Gasteiger partial charge is 0.337 e. The predicted octanol–water partition coefficient (Wildman–Crippen LogP) is 0.479. The van der Waals surface area contributed by atoms with Crippen LogP contribution in [0.5, 0.6) is 0 Å². The first-order chi connectivity index (χ1) is 10.7. The van der Waals surface area contributed by atoms with Crippen molar-refractivity contribution in [2.75, 3.05) is 39.3 Å². The lowest BCUT2D eigenvalue weighted by molar-refractivity contribution is 0.0773. The SMILES string of the molecule is CCc1cc(C(=O)N2CCC(N3CCNCC3)C2)cc(=O)[nH]1.Cl. The topological polar surface area (TPSA) is 68.4 Å². The number of rotatable bonds is 3. The van der Waals surface area contributed by atoms with Gasteiger partial charge in [0.05, 0.1) is 0 Å². The molecule has 23 heavy (non-hydrogen) atoms. The van der Waals surface area contributed by atoms with E-state index in [4.69, 9.17) is 0 Å². The highest BCUT2D eigenvalue weighted by molar-refractivity contribution is 5.94. The van der Waals surface area contributed by atoms with Crippen molar-refractivity contribution in [2.45, 2.75) is 25.8 Å². The predicted molar refractivity (Wildman–Crippen MR) is 92.4 cm³/mol. The van der Waals surface area contributed by atoms with Crippen LogP contribution < -0.4 is 10.9 Å². The number of likely N-dealkylation sites (tertiary alicyclic amines) is 1. The fourth-order valence-corrected chi connectivity index (χ4v) is 3.37. The lowest BCUT2D eigenvalue weighted by atomic mass is 10.2. The molecule has 3 heterocycles. The average Bonchev–Trinajstić information content (AvgIpc) is 3.04. The number of nitrogens with one attached hydrogen (secondary N) is 2. The van der Waals surface area contributed by atoms with E-state index >= 15 is 0 Å². The first-order valence-electron chi connectivity index (χ1n) is 8.14. The lowest BCUT2D eigenvalue weighted by Crippen LogP contribution is -2.49. The zero-order valence-corrected chi connectivity index (χ0v) is 14.3. The fourth-order valence-electron chi connectivity index (χ4n) is 3.37. The molecule has 2 N–H and O–H groups in total. The maximum Gasteiger partial charge on any atom is 0.254 e. The van der Waals surface area contributed by atoms with Crippen molar-refractivity contribution in [3.05, 3.63) is 33.7 Å². The monoisotopic (exact) mass is 340 g/mol. The standard InChI is InChI=1S/C16H24N4O2.ClH/c1-2-13-9-12(10-15(21)18-13)16(22)20-6-3-14(11-20)19-7-4-17-5-8-19;/h9-10,14,17H,2-8,11H2,1H3,(H,18,21);1H. The number of pyridine rings is 1. The van der Waals surface area contributed by atoms with Gasteiger partial charge < -0.3 is 15.2 Å². The second-order valence-electron chi connectivity index (χ2n) is 6.09. The summed E-state index contributed by atoms with van der Waals surface area (Å²) in [6.45, 7) is 7.68. The van der Waals surface area contributed by atoms with E-state index < -0.39 is 0 Å². The number of aromatic amines is 1. The van der Waals surface area contributed by atoms with E-state index in [0.29, 0.717) is 11.6 Å². The normalized spacial score (nSPS) is 22.0. The third kappa shape index (κ3) is 4.13. The number of amides is 1. The summed E-state index contributed by atoms with van der Waals surface area (Å²) in [4.78, 5) is 31.4. The van der Waals surface area contributed by atoms with Crippen molar-refractivity contribution >= 4 is 18.3 Å². The maximum absolute atomic E-state index is 12.6. The van der Waals surface area contributed by atoms with Gasteiger partial charge in [-0.2, -0.15) is 0 Å². The first kappa shape index (κ1) is 18.0. The van der Waals surface area contributed by atoms with E-state index in [1.807, 2.05) is 17.9 Å². The molecule has 1 aromatic heterocycles. The summed E-state index contributed by atoms with van der Waals surface area (Å²) in [5.74, 6) is -0.0153. The summed E-state index contributed by atoms with van der Waals surface area (Å²) in [6, 6.07) is 3.68. The number of halogens is 1. The van der Waals surface area contributed by atoms with Gasteiger partial charge >= 0.3 is 0 Å². The van der Waals surface area contributed by atoms with E-state index in [0.717, 1.165) is 57.8 Å². The van der Waals surface area contributed by atoms with Gasteiger partial charge in [-0.15, -0.1) is 12.4 Å². The van der Waals surface area contributed by atoms with Crippen LogP contribution in [0.25, 0.3) is 0 Å². The van der Waals surface area contributed by atoms with Crippen LogP contribution in [0.2, 0.25) is 0 Å². The minimum atomic E-state index is -0.194. The molecule has 1 amide bonds. The summed E-state index contributed by atoms with van der Waals surface area (Å²) < 4.78 is 0. The smallest absolute Gasteiger partial charge is 0.254 e. The molecular formula is C16H25ClN4O2. The Morgan fingerprint density at radius 2 is 2.00 bits per heavy atom. The second-order valence-corrected chi connectivity index (χ2v) is 6.09. The first-order valence-corrected chi connectivity index (χ1v) is 8.14. The van der Waals surface area contributed by atoms with E-state index in [9.17, 15) is 9.59 Å². The van der Waals surface area contributed by atoms with E-state index in [-0.39, 0.29) is 23.9 Å². The summed E-state index contributed by atoms with van der Waals surface area (Å²) >= 11 is 0. The molecule has 128 valence electrons. The van der Waals surface area contributed by atoms with Crippen molar-refractivity contribution in [3.8, 4) is 0 Å². The number of carbonyl (C=O) groups is 1. The zero-order chi connectivity index (χ0) is 15.5. The van der Waals surface area contributed by atoms with Gasteiger partial charge in [0.15, 0.2) is 0 Å². The Kier molecular flexibility index (Phi) is 6.21. The molecule has 1 aromatic rings. The number of nitrogens with zero attached hydrogens (tertiary/aromatic N) is 2. The Balaban J connectivity index is 0.00000192. The van der Waals surface area contributed by atoms with E-state index in [2.05, 4.69) is 15.2 Å². The number of aryl methyl sites for hydroxylation is 1. The van der Waals surface area contributed by atoms with Crippen LogP contribution in [0.3, 0.4) is 0 Å². The summed E-state index contributed by atoms with van der Waals surface area (Å²) in [5.41, 5.74) is 1.14. The molecule has 0 radical (unpaired) electrons. The molecule has 0 aromatic carbocycles. The molecule has 3 rings (SSSR count). The van der Waals surface area contributed by atoms with Gasteiger partial charge in [0.2, 0.25) is 5.56 Å². The molecule has 2 aliphatic heterocycles. The number of H-pyrrole nitrogens is 1.